The van der Waals surface area contributed by atoms with E-state index in [9.17, 15) is 13.2 Å². The van der Waals surface area contributed by atoms with Gasteiger partial charge in [0.1, 0.15) is 0 Å². The van der Waals surface area contributed by atoms with E-state index in [1.165, 1.54) is 12.4 Å². The molecule has 2 rings (SSSR count). The van der Waals surface area contributed by atoms with Gasteiger partial charge in [0.25, 0.3) is 5.91 Å². The van der Waals surface area contributed by atoms with Crippen LogP contribution in [-0.4, -0.2) is 37.1 Å². The van der Waals surface area contributed by atoms with Crippen molar-refractivity contribution in [1.29, 1.82) is 0 Å². The Morgan fingerprint density at radius 3 is 2.27 bits per heavy atom. The molecule has 0 saturated carbocycles. The maximum Gasteiger partial charge on any atom is 0.252 e. The highest BCUT2D eigenvalue weighted by atomic mass is 32.2. The summed E-state index contributed by atoms with van der Waals surface area (Å²) in [5, 5.41) is 2.34. The number of aromatic nitrogens is 2. The van der Waals surface area contributed by atoms with E-state index in [0.29, 0.717) is 11.1 Å². The van der Waals surface area contributed by atoms with Crippen LogP contribution in [0.1, 0.15) is 10.4 Å². The molecule has 0 aliphatic heterocycles. The summed E-state index contributed by atoms with van der Waals surface area (Å²) in [4.78, 5) is 19.4. The van der Waals surface area contributed by atoms with Crippen molar-refractivity contribution in [2.75, 3.05) is 12.8 Å². The van der Waals surface area contributed by atoms with E-state index in [2.05, 4.69) is 21.2 Å². The molecule has 0 spiro atoms. The van der Waals surface area contributed by atoms with Crippen LogP contribution in [0.2, 0.25) is 0 Å². The maximum atomic E-state index is 11.7. The van der Waals surface area contributed by atoms with Crippen LogP contribution in [0.4, 0.5) is 0 Å². The minimum atomic E-state index is -3.42. The van der Waals surface area contributed by atoms with Gasteiger partial charge in [-0.2, -0.15) is 0 Å². The van der Waals surface area contributed by atoms with Crippen molar-refractivity contribution in [3.05, 3.63) is 42.2 Å². The number of benzene rings is 1. The van der Waals surface area contributed by atoms with Crippen LogP contribution in [0.25, 0.3) is 11.1 Å². The van der Waals surface area contributed by atoms with Crippen molar-refractivity contribution in [2.45, 2.75) is 5.16 Å². The standard InChI is InChI=1S/C15H13N3O3S/c1-3-8-16-14(19)12-6-4-11(5-7-12)13-9-17-15(18-10-13)22(2,20)21/h1,4-7,9-10H,8H2,2H3,(H,16,19). The molecule has 0 unspecified atom stereocenters. The topological polar surface area (TPSA) is 89.0 Å². The first-order valence-corrected chi connectivity index (χ1v) is 8.15. The molecule has 0 aliphatic carbocycles. The number of nitrogens with zero attached hydrogens (tertiary/aromatic N) is 2. The summed E-state index contributed by atoms with van der Waals surface area (Å²) in [6.45, 7) is 0.168. The van der Waals surface area contributed by atoms with Crippen LogP contribution in [0, 0.1) is 12.3 Å². The molecule has 112 valence electrons. The number of sulfone groups is 1. The van der Waals surface area contributed by atoms with E-state index < -0.39 is 9.84 Å². The Bertz CT molecular complexity index is 820. The first kappa shape index (κ1) is 15.7. The lowest BCUT2D eigenvalue weighted by atomic mass is 10.1. The molecular weight excluding hydrogens is 302 g/mol. The largest absolute Gasteiger partial charge is 0.341 e. The summed E-state index contributed by atoms with van der Waals surface area (Å²) >= 11 is 0. The van der Waals surface area contributed by atoms with Gasteiger partial charge in [-0.25, -0.2) is 18.4 Å². The van der Waals surface area contributed by atoms with Crippen LogP contribution >= 0.6 is 0 Å². The average molecular weight is 315 g/mol. The summed E-state index contributed by atoms with van der Waals surface area (Å²) in [6, 6.07) is 6.74. The van der Waals surface area contributed by atoms with Crippen molar-refractivity contribution >= 4 is 15.7 Å². The second-order valence-corrected chi connectivity index (χ2v) is 6.40. The van der Waals surface area contributed by atoms with Crippen molar-refractivity contribution in [1.82, 2.24) is 15.3 Å². The molecule has 0 fully saturated rings. The second kappa shape index (κ2) is 6.37. The summed E-state index contributed by atoms with van der Waals surface area (Å²) in [6.07, 6.45) is 8.98. The summed E-state index contributed by atoms with van der Waals surface area (Å²) in [5.74, 6) is 2.07. The number of terminal acetylenes is 1. The Morgan fingerprint density at radius 1 is 1.18 bits per heavy atom. The van der Waals surface area contributed by atoms with E-state index in [0.717, 1.165) is 11.8 Å². The van der Waals surface area contributed by atoms with E-state index in [1.807, 2.05) is 0 Å². The molecular formula is C15H13N3O3S. The average Bonchev–Trinajstić information content (AvgIpc) is 2.52. The van der Waals surface area contributed by atoms with Crippen molar-refractivity contribution in [3.8, 4) is 23.5 Å². The fourth-order valence-corrected chi connectivity index (χ4v) is 2.19. The molecule has 6 nitrogen and oxygen atoms in total. The van der Waals surface area contributed by atoms with Gasteiger partial charge >= 0.3 is 0 Å². The number of hydrogen-bond acceptors (Lipinski definition) is 5. The minimum Gasteiger partial charge on any atom is -0.341 e. The van der Waals surface area contributed by atoms with Gasteiger partial charge in [0, 0.05) is 29.8 Å². The Balaban J connectivity index is 2.20. The lowest BCUT2D eigenvalue weighted by Crippen LogP contribution is -2.23. The van der Waals surface area contributed by atoms with E-state index in [4.69, 9.17) is 6.42 Å². The highest BCUT2D eigenvalue weighted by Gasteiger charge is 2.11. The number of carbonyl (C=O) groups is 1. The van der Waals surface area contributed by atoms with Gasteiger partial charge in [-0.05, 0) is 17.7 Å². The van der Waals surface area contributed by atoms with E-state index >= 15 is 0 Å². The third-order valence-electron chi connectivity index (χ3n) is 2.79. The predicted octanol–water partition coefficient (Wildman–Crippen LogP) is 0.910. The Morgan fingerprint density at radius 2 is 1.77 bits per heavy atom. The summed E-state index contributed by atoms with van der Waals surface area (Å²) in [5.41, 5.74) is 1.91. The molecule has 2 aromatic rings. The van der Waals surface area contributed by atoms with Crippen LogP contribution < -0.4 is 5.32 Å². The van der Waals surface area contributed by atoms with Crippen molar-refractivity contribution < 1.29 is 13.2 Å². The summed E-state index contributed by atoms with van der Waals surface area (Å²) < 4.78 is 22.6. The highest BCUT2D eigenvalue weighted by Crippen LogP contribution is 2.18. The van der Waals surface area contributed by atoms with Crippen LogP contribution in [-0.2, 0) is 9.84 Å². The molecule has 22 heavy (non-hydrogen) atoms. The Hall–Kier alpha value is -2.72. The normalized spacial score (nSPS) is 10.7. The van der Waals surface area contributed by atoms with E-state index in [1.54, 1.807) is 24.3 Å². The van der Waals surface area contributed by atoms with Gasteiger partial charge in [-0.15, -0.1) is 6.42 Å². The molecule has 0 atom stereocenters. The van der Waals surface area contributed by atoms with Crippen LogP contribution in [0.3, 0.4) is 0 Å². The van der Waals surface area contributed by atoms with E-state index in [-0.39, 0.29) is 17.6 Å². The number of carbonyl (C=O) groups excluding carboxylic acids is 1. The molecule has 1 aromatic carbocycles. The molecule has 7 heteroatoms. The van der Waals surface area contributed by atoms with Crippen molar-refractivity contribution in [2.24, 2.45) is 0 Å². The van der Waals surface area contributed by atoms with Gasteiger partial charge in [-0.3, -0.25) is 4.79 Å². The Kier molecular flexibility index (Phi) is 4.53. The van der Waals surface area contributed by atoms with Crippen molar-refractivity contribution in [3.63, 3.8) is 0 Å². The number of hydrogen-bond donors (Lipinski definition) is 1. The summed E-state index contributed by atoms with van der Waals surface area (Å²) in [7, 11) is -3.42. The lowest BCUT2D eigenvalue weighted by molar-refractivity contribution is 0.0958. The molecule has 1 amide bonds. The predicted molar refractivity (Wildman–Crippen MR) is 81.7 cm³/mol. The molecule has 1 N–H and O–H groups in total. The Labute approximate surface area is 128 Å². The molecule has 1 heterocycles. The molecule has 0 aliphatic rings. The minimum absolute atomic E-state index is 0.168. The zero-order valence-corrected chi connectivity index (χ0v) is 12.6. The van der Waals surface area contributed by atoms with Gasteiger partial charge in [-0.1, -0.05) is 18.1 Å². The number of amides is 1. The molecule has 0 saturated heterocycles. The lowest BCUT2D eigenvalue weighted by Gasteiger charge is -2.04. The number of nitrogens with one attached hydrogen (secondary N) is 1. The molecule has 0 bridgehead atoms. The zero-order valence-electron chi connectivity index (χ0n) is 11.8. The fraction of sp³-hybridized carbons (Fsp3) is 0.133. The van der Waals surface area contributed by atoms with Gasteiger partial charge in [0.05, 0.1) is 6.54 Å². The molecule has 1 aromatic heterocycles. The third kappa shape index (κ3) is 3.68. The number of rotatable bonds is 4. The monoisotopic (exact) mass is 315 g/mol. The highest BCUT2D eigenvalue weighted by molar-refractivity contribution is 7.90. The first-order valence-electron chi connectivity index (χ1n) is 6.26. The fourth-order valence-electron chi connectivity index (χ4n) is 1.70. The third-order valence-corrected chi connectivity index (χ3v) is 3.67. The van der Waals surface area contributed by atoms with Crippen LogP contribution in [0.15, 0.2) is 41.8 Å². The van der Waals surface area contributed by atoms with Gasteiger partial charge < -0.3 is 5.32 Å². The van der Waals surface area contributed by atoms with Gasteiger partial charge in [0.2, 0.25) is 15.0 Å². The van der Waals surface area contributed by atoms with Crippen LogP contribution in [0.5, 0.6) is 0 Å². The SMILES string of the molecule is C#CCNC(=O)c1ccc(-c2cnc(S(C)(=O)=O)nc2)cc1. The maximum absolute atomic E-state index is 11.7. The zero-order chi connectivity index (χ0) is 16.2. The van der Waals surface area contributed by atoms with Gasteiger partial charge in [0.15, 0.2) is 0 Å². The molecule has 0 radical (unpaired) electrons. The quantitative estimate of drug-likeness (QED) is 0.669. The second-order valence-electron chi connectivity index (χ2n) is 4.49. The smallest absolute Gasteiger partial charge is 0.252 e. The first-order chi connectivity index (χ1) is 10.4.